The second-order valence-electron chi connectivity index (χ2n) is 5.43. The highest BCUT2D eigenvalue weighted by atomic mass is 15.2. The van der Waals surface area contributed by atoms with E-state index in [2.05, 4.69) is 55.4 Å². The minimum absolute atomic E-state index is 0.634. The van der Waals surface area contributed by atoms with E-state index in [9.17, 15) is 0 Å². The highest BCUT2D eigenvalue weighted by Gasteiger charge is 2.25. The van der Waals surface area contributed by atoms with Gasteiger partial charge in [0, 0.05) is 24.3 Å². The number of nitrogens with one attached hydrogen (secondary N) is 1. The lowest BCUT2D eigenvalue weighted by Gasteiger charge is -2.40. The Labute approximate surface area is 111 Å². The molecule has 18 heavy (non-hydrogen) atoms. The van der Waals surface area contributed by atoms with Gasteiger partial charge >= 0.3 is 0 Å². The summed E-state index contributed by atoms with van der Waals surface area (Å²) in [4.78, 5) is 2.60. The van der Waals surface area contributed by atoms with Crippen molar-refractivity contribution in [3.8, 4) is 0 Å². The molecule has 1 heterocycles. The average Bonchev–Trinajstić information content (AvgIpc) is 2.40. The molecule has 2 nitrogen and oxygen atoms in total. The van der Waals surface area contributed by atoms with Gasteiger partial charge in [-0.25, -0.2) is 0 Å². The molecule has 0 aromatic heterocycles. The number of rotatable bonds is 4. The molecular weight excluding hydrogens is 220 g/mol. The SMILES string of the molecule is CCCc1ccccc1N1CCC(NC)CC1C. The van der Waals surface area contributed by atoms with Crippen molar-refractivity contribution in [2.75, 3.05) is 18.5 Å². The third-order valence-corrected chi connectivity index (χ3v) is 4.10. The van der Waals surface area contributed by atoms with Crippen LogP contribution in [0.15, 0.2) is 24.3 Å². The van der Waals surface area contributed by atoms with Crippen LogP contribution in [0, 0.1) is 0 Å². The van der Waals surface area contributed by atoms with Crippen molar-refractivity contribution in [1.82, 2.24) is 5.32 Å². The zero-order chi connectivity index (χ0) is 13.0. The van der Waals surface area contributed by atoms with E-state index in [0.717, 1.165) is 0 Å². The average molecular weight is 246 g/mol. The van der Waals surface area contributed by atoms with Gasteiger partial charge in [-0.3, -0.25) is 0 Å². The van der Waals surface area contributed by atoms with Crippen molar-refractivity contribution in [2.45, 2.75) is 51.6 Å². The molecule has 0 bridgehead atoms. The number of benzene rings is 1. The summed E-state index contributed by atoms with van der Waals surface area (Å²) in [7, 11) is 2.08. The number of piperidine rings is 1. The maximum absolute atomic E-state index is 3.42. The fourth-order valence-corrected chi connectivity index (χ4v) is 3.06. The van der Waals surface area contributed by atoms with Crippen molar-refractivity contribution in [3.05, 3.63) is 29.8 Å². The van der Waals surface area contributed by atoms with E-state index in [4.69, 9.17) is 0 Å². The summed E-state index contributed by atoms with van der Waals surface area (Å²) in [6.07, 6.45) is 4.91. The standard InChI is InChI=1S/C16H26N2/c1-4-7-14-8-5-6-9-16(14)18-11-10-15(17-3)12-13(18)2/h5-6,8-9,13,15,17H,4,7,10-12H2,1-3H3. The predicted octanol–water partition coefficient (Wildman–Crippen LogP) is 3.22. The first-order valence-corrected chi connectivity index (χ1v) is 7.28. The van der Waals surface area contributed by atoms with Gasteiger partial charge in [0.15, 0.2) is 0 Å². The normalized spacial score (nSPS) is 24.3. The molecule has 0 radical (unpaired) electrons. The lowest BCUT2D eigenvalue weighted by atomic mass is 9.96. The first-order valence-electron chi connectivity index (χ1n) is 7.28. The van der Waals surface area contributed by atoms with Crippen LogP contribution in [0.5, 0.6) is 0 Å². The van der Waals surface area contributed by atoms with Crippen molar-refractivity contribution in [1.29, 1.82) is 0 Å². The summed E-state index contributed by atoms with van der Waals surface area (Å²) in [6.45, 7) is 5.78. The third-order valence-electron chi connectivity index (χ3n) is 4.10. The first-order chi connectivity index (χ1) is 8.76. The van der Waals surface area contributed by atoms with Crippen LogP contribution < -0.4 is 10.2 Å². The molecule has 0 saturated carbocycles. The number of nitrogens with zero attached hydrogens (tertiary/aromatic N) is 1. The minimum Gasteiger partial charge on any atom is -0.368 e. The zero-order valence-corrected chi connectivity index (χ0v) is 11.9. The maximum Gasteiger partial charge on any atom is 0.0401 e. The van der Waals surface area contributed by atoms with Crippen molar-refractivity contribution in [3.63, 3.8) is 0 Å². The molecule has 0 aliphatic carbocycles. The molecule has 1 fully saturated rings. The van der Waals surface area contributed by atoms with Gasteiger partial charge in [-0.15, -0.1) is 0 Å². The Hall–Kier alpha value is -1.02. The first kappa shape index (κ1) is 13.4. The zero-order valence-electron chi connectivity index (χ0n) is 11.9. The smallest absolute Gasteiger partial charge is 0.0401 e. The molecule has 2 rings (SSSR count). The lowest BCUT2D eigenvalue weighted by Crippen LogP contribution is -2.47. The van der Waals surface area contributed by atoms with Crippen molar-refractivity contribution in [2.24, 2.45) is 0 Å². The van der Waals surface area contributed by atoms with E-state index >= 15 is 0 Å². The van der Waals surface area contributed by atoms with Gasteiger partial charge in [0.05, 0.1) is 0 Å². The number of hydrogen-bond donors (Lipinski definition) is 1. The summed E-state index contributed by atoms with van der Waals surface area (Å²) >= 11 is 0. The minimum atomic E-state index is 0.634. The van der Waals surface area contributed by atoms with Gasteiger partial charge in [0.25, 0.3) is 0 Å². The number of anilines is 1. The summed E-state index contributed by atoms with van der Waals surface area (Å²) in [5, 5.41) is 3.42. The molecule has 2 unspecified atom stereocenters. The second-order valence-corrected chi connectivity index (χ2v) is 5.43. The quantitative estimate of drug-likeness (QED) is 0.877. The fraction of sp³-hybridized carbons (Fsp3) is 0.625. The highest BCUT2D eigenvalue weighted by Crippen LogP contribution is 2.28. The van der Waals surface area contributed by atoms with Gasteiger partial charge < -0.3 is 10.2 Å². The summed E-state index contributed by atoms with van der Waals surface area (Å²) in [5.74, 6) is 0. The Bertz CT molecular complexity index is 375. The number of aryl methyl sites for hydroxylation is 1. The molecule has 0 amide bonds. The summed E-state index contributed by atoms with van der Waals surface area (Å²) in [5.41, 5.74) is 2.97. The molecule has 100 valence electrons. The van der Waals surface area contributed by atoms with E-state index in [-0.39, 0.29) is 0 Å². The topological polar surface area (TPSA) is 15.3 Å². The number of hydrogen-bond acceptors (Lipinski definition) is 2. The van der Waals surface area contributed by atoms with Crippen LogP contribution in [0.3, 0.4) is 0 Å². The predicted molar refractivity (Wildman–Crippen MR) is 79.3 cm³/mol. The maximum atomic E-state index is 3.42. The Kier molecular flexibility index (Phi) is 4.65. The van der Waals surface area contributed by atoms with Crippen LogP contribution in [0.2, 0.25) is 0 Å². The highest BCUT2D eigenvalue weighted by molar-refractivity contribution is 5.54. The molecular formula is C16H26N2. The van der Waals surface area contributed by atoms with Crippen LogP contribution in [-0.4, -0.2) is 25.7 Å². The molecule has 1 aliphatic heterocycles. The van der Waals surface area contributed by atoms with Gasteiger partial charge in [0.1, 0.15) is 0 Å². The van der Waals surface area contributed by atoms with Gasteiger partial charge in [-0.05, 0) is 44.9 Å². The molecule has 1 saturated heterocycles. The third kappa shape index (κ3) is 2.86. The summed E-state index contributed by atoms with van der Waals surface area (Å²) in [6, 6.07) is 10.2. The fourth-order valence-electron chi connectivity index (χ4n) is 3.06. The van der Waals surface area contributed by atoms with Crippen LogP contribution in [-0.2, 0) is 6.42 Å². The van der Waals surface area contributed by atoms with Crippen molar-refractivity contribution >= 4 is 5.69 Å². The molecule has 1 aromatic carbocycles. The Balaban J connectivity index is 2.16. The van der Waals surface area contributed by atoms with Gasteiger partial charge in [0.2, 0.25) is 0 Å². The van der Waals surface area contributed by atoms with E-state index < -0.39 is 0 Å². The van der Waals surface area contributed by atoms with Crippen LogP contribution in [0.25, 0.3) is 0 Å². The summed E-state index contributed by atoms with van der Waals surface area (Å²) < 4.78 is 0. The monoisotopic (exact) mass is 246 g/mol. The second kappa shape index (κ2) is 6.24. The molecule has 1 aromatic rings. The lowest BCUT2D eigenvalue weighted by molar-refractivity contribution is 0.386. The molecule has 0 spiro atoms. The van der Waals surface area contributed by atoms with E-state index in [1.807, 2.05) is 0 Å². The Morgan fingerprint density at radius 1 is 1.33 bits per heavy atom. The van der Waals surface area contributed by atoms with Crippen LogP contribution >= 0.6 is 0 Å². The van der Waals surface area contributed by atoms with Gasteiger partial charge in [-0.1, -0.05) is 31.5 Å². The number of para-hydroxylation sites is 1. The molecule has 1 N–H and O–H groups in total. The Morgan fingerprint density at radius 3 is 2.78 bits per heavy atom. The van der Waals surface area contributed by atoms with E-state index in [1.54, 1.807) is 0 Å². The molecule has 2 atom stereocenters. The van der Waals surface area contributed by atoms with Gasteiger partial charge in [-0.2, -0.15) is 0 Å². The van der Waals surface area contributed by atoms with E-state index in [0.29, 0.717) is 12.1 Å². The van der Waals surface area contributed by atoms with E-state index in [1.165, 1.54) is 43.5 Å². The van der Waals surface area contributed by atoms with Crippen molar-refractivity contribution < 1.29 is 0 Å². The van der Waals surface area contributed by atoms with Crippen LogP contribution in [0.1, 0.15) is 38.7 Å². The molecule has 2 heteroatoms. The largest absolute Gasteiger partial charge is 0.368 e. The molecule has 1 aliphatic rings. The van der Waals surface area contributed by atoms with Crippen LogP contribution in [0.4, 0.5) is 5.69 Å². The Morgan fingerprint density at radius 2 is 2.11 bits per heavy atom.